The SMILES string of the molecule is CCOC(=O)c1ccc(NC(C)CCSC)nc1. The standard InChI is InChI=1S/C13H20N2O2S/c1-4-17-13(16)11-5-6-12(14-9-11)15-10(2)7-8-18-3/h5-6,9-10H,4,7-8H2,1-3H3,(H,14,15). The van der Waals surface area contributed by atoms with E-state index in [-0.39, 0.29) is 5.97 Å². The summed E-state index contributed by atoms with van der Waals surface area (Å²) in [5.74, 6) is 1.58. The summed E-state index contributed by atoms with van der Waals surface area (Å²) in [4.78, 5) is 15.6. The first-order chi connectivity index (χ1) is 8.67. The largest absolute Gasteiger partial charge is 0.462 e. The molecule has 1 unspecified atom stereocenters. The zero-order valence-corrected chi connectivity index (χ0v) is 11.9. The van der Waals surface area contributed by atoms with Crippen LogP contribution < -0.4 is 5.32 Å². The third-order valence-corrected chi connectivity index (χ3v) is 3.07. The molecule has 0 amide bonds. The summed E-state index contributed by atoms with van der Waals surface area (Å²) < 4.78 is 4.90. The molecule has 0 aromatic carbocycles. The monoisotopic (exact) mass is 268 g/mol. The van der Waals surface area contributed by atoms with E-state index < -0.39 is 0 Å². The highest BCUT2D eigenvalue weighted by atomic mass is 32.2. The molecular weight excluding hydrogens is 248 g/mol. The zero-order chi connectivity index (χ0) is 13.4. The van der Waals surface area contributed by atoms with Crippen LogP contribution in [0.1, 0.15) is 30.6 Å². The third kappa shape index (κ3) is 4.96. The number of anilines is 1. The number of esters is 1. The van der Waals surface area contributed by atoms with Crippen LogP contribution in [0.3, 0.4) is 0 Å². The van der Waals surface area contributed by atoms with Crippen molar-refractivity contribution in [2.75, 3.05) is 23.9 Å². The van der Waals surface area contributed by atoms with Gasteiger partial charge in [0.2, 0.25) is 0 Å². The van der Waals surface area contributed by atoms with Crippen molar-refractivity contribution in [3.8, 4) is 0 Å². The molecule has 1 heterocycles. The van der Waals surface area contributed by atoms with Crippen LogP contribution in [0.25, 0.3) is 0 Å². The van der Waals surface area contributed by atoms with E-state index in [1.165, 1.54) is 0 Å². The fourth-order valence-electron chi connectivity index (χ4n) is 1.43. The van der Waals surface area contributed by atoms with Gasteiger partial charge in [0, 0.05) is 12.2 Å². The smallest absolute Gasteiger partial charge is 0.339 e. The Labute approximate surface area is 113 Å². The molecule has 0 aliphatic heterocycles. The number of nitrogens with zero attached hydrogens (tertiary/aromatic N) is 1. The Hall–Kier alpha value is -1.23. The number of carbonyl (C=O) groups is 1. The normalized spacial score (nSPS) is 11.9. The van der Waals surface area contributed by atoms with Crippen molar-refractivity contribution >= 4 is 23.5 Å². The highest BCUT2D eigenvalue weighted by Crippen LogP contribution is 2.10. The van der Waals surface area contributed by atoms with Gasteiger partial charge in [0.15, 0.2) is 0 Å². The lowest BCUT2D eigenvalue weighted by atomic mass is 10.2. The maximum Gasteiger partial charge on any atom is 0.339 e. The molecule has 0 saturated carbocycles. The number of rotatable bonds is 7. The molecule has 0 aliphatic carbocycles. The topological polar surface area (TPSA) is 51.2 Å². The summed E-state index contributed by atoms with van der Waals surface area (Å²) in [6.07, 6.45) is 4.73. The van der Waals surface area contributed by atoms with E-state index >= 15 is 0 Å². The average Bonchev–Trinajstić information content (AvgIpc) is 2.37. The molecular formula is C13H20N2O2S. The molecule has 0 aliphatic rings. The van der Waals surface area contributed by atoms with Crippen LogP contribution in [0.15, 0.2) is 18.3 Å². The van der Waals surface area contributed by atoms with E-state index in [0.717, 1.165) is 18.0 Å². The van der Waals surface area contributed by atoms with E-state index in [9.17, 15) is 4.79 Å². The van der Waals surface area contributed by atoms with Crippen molar-refractivity contribution in [1.82, 2.24) is 4.98 Å². The summed E-state index contributed by atoms with van der Waals surface area (Å²) in [5.41, 5.74) is 0.485. The number of carbonyl (C=O) groups excluding carboxylic acids is 1. The Morgan fingerprint density at radius 2 is 2.33 bits per heavy atom. The second-order valence-corrected chi connectivity index (χ2v) is 4.97. The minimum Gasteiger partial charge on any atom is -0.462 e. The van der Waals surface area contributed by atoms with Gasteiger partial charge in [0.1, 0.15) is 5.82 Å². The van der Waals surface area contributed by atoms with Gasteiger partial charge in [0.25, 0.3) is 0 Å². The zero-order valence-electron chi connectivity index (χ0n) is 11.1. The lowest BCUT2D eigenvalue weighted by Crippen LogP contribution is -2.17. The van der Waals surface area contributed by atoms with Crippen molar-refractivity contribution in [1.29, 1.82) is 0 Å². The summed E-state index contributed by atoms with van der Waals surface area (Å²) in [6.45, 7) is 4.29. The number of pyridine rings is 1. The van der Waals surface area contributed by atoms with E-state index in [1.54, 1.807) is 19.2 Å². The molecule has 0 saturated heterocycles. The first-order valence-electron chi connectivity index (χ1n) is 6.06. The minimum absolute atomic E-state index is 0.327. The number of ether oxygens (including phenoxy) is 1. The Bertz CT molecular complexity index is 368. The van der Waals surface area contributed by atoms with Crippen LogP contribution >= 0.6 is 11.8 Å². The van der Waals surface area contributed by atoms with Crippen molar-refractivity contribution in [3.05, 3.63) is 23.9 Å². The third-order valence-electron chi connectivity index (χ3n) is 2.42. The van der Waals surface area contributed by atoms with Crippen molar-refractivity contribution < 1.29 is 9.53 Å². The fraction of sp³-hybridized carbons (Fsp3) is 0.538. The van der Waals surface area contributed by atoms with E-state index in [4.69, 9.17) is 4.74 Å². The number of aromatic nitrogens is 1. The molecule has 1 aromatic rings. The summed E-state index contributed by atoms with van der Waals surface area (Å²) >= 11 is 1.83. The van der Waals surface area contributed by atoms with Crippen LogP contribution in [-0.2, 0) is 4.74 Å². The van der Waals surface area contributed by atoms with Gasteiger partial charge >= 0.3 is 5.97 Å². The molecule has 100 valence electrons. The molecule has 0 fully saturated rings. The first-order valence-corrected chi connectivity index (χ1v) is 7.45. The van der Waals surface area contributed by atoms with Crippen molar-refractivity contribution in [3.63, 3.8) is 0 Å². The molecule has 18 heavy (non-hydrogen) atoms. The van der Waals surface area contributed by atoms with Crippen LogP contribution in [0.5, 0.6) is 0 Å². The molecule has 0 bridgehead atoms. The molecule has 0 spiro atoms. The van der Waals surface area contributed by atoms with Gasteiger partial charge in [-0.2, -0.15) is 11.8 Å². The highest BCUT2D eigenvalue weighted by molar-refractivity contribution is 7.98. The number of hydrogen-bond donors (Lipinski definition) is 1. The molecule has 4 nitrogen and oxygen atoms in total. The summed E-state index contributed by atoms with van der Waals surface area (Å²) in [6, 6.07) is 3.91. The molecule has 1 rings (SSSR count). The van der Waals surface area contributed by atoms with E-state index in [2.05, 4.69) is 23.5 Å². The van der Waals surface area contributed by atoms with Crippen LogP contribution in [0.4, 0.5) is 5.82 Å². The Morgan fingerprint density at radius 3 is 2.89 bits per heavy atom. The maximum absolute atomic E-state index is 11.4. The lowest BCUT2D eigenvalue weighted by Gasteiger charge is -2.13. The van der Waals surface area contributed by atoms with E-state index in [0.29, 0.717) is 18.2 Å². The Kier molecular flexibility index (Phi) is 6.57. The van der Waals surface area contributed by atoms with Crippen LogP contribution in [0, 0.1) is 0 Å². The van der Waals surface area contributed by atoms with Gasteiger partial charge in [-0.15, -0.1) is 0 Å². The number of hydrogen-bond acceptors (Lipinski definition) is 5. The quantitative estimate of drug-likeness (QED) is 0.771. The second kappa shape index (κ2) is 7.97. The lowest BCUT2D eigenvalue weighted by molar-refractivity contribution is 0.0526. The van der Waals surface area contributed by atoms with Gasteiger partial charge in [-0.05, 0) is 44.4 Å². The van der Waals surface area contributed by atoms with Crippen LogP contribution in [-0.4, -0.2) is 35.6 Å². The molecule has 1 aromatic heterocycles. The van der Waals surface area contributed by atoms with Gasteiger partial charge in [0.05, 0.1) is 12.2 Å². The number of thioether (sulfide) groups is 1. The predicted octanol–water partition coefficient (Wildman–Crippen LogP) is 2.81. The van der Waals surface area contributed by atoms with Crippen molar-refractivity contribution in [2.45, 2.75) is 26.3 Å². The van der Waals surface area contributed by atoms with Gasteiger partial charge in [-0.1, -0.05) is 0 Å². The summed E-state index contributed by atoms with van der Waals surface area (Å²) in [5, 5.41) is 3.30. The maximum atomic E-state index is 11.4. The van der Waals surface area contributed by atoms with Crippen LogP contribution in [0.2, 0.25) is 0 Å². The first kappa shape index (κ1) is 14.8. The average molecular weight is 268 g/mol. The van der Waals surface area contributed by atoms with Gasteiger partial charge < -0.3 is 10.1 Å². The van der Waals surface area contributed by atoms with Gasteiger partial charge in [-0.3, -0.25) is 0 Å². The Morgan fingerprint density at radius 1 is 1.56 bits per heavy atom. The fourth-order valence-corrected chi connectivity index (χ4v) is 2.02. The van der Waals surface area contributed by atoms with Crippen molar-refractivity contribution in [2.24, 2.45) is 0 Å². The second-order valence-electron chi connectivity index (χ2n) is 3.98. The van der Waals surface area contributed by atoms with Gasteiger partial charge in [-0.25, -0.2) is 9.78 Å². The molecule has 1 N–H and O–H groups in total. The summed E-state index contributed by atoms with van der Waals surface area (Å²) in [7, 11) is 0. The highest BCUT2D eigenvalue weighted by Gasteiger charge is 2.07. The molecule has 5 heteroatoms. The molecule has 0 radical (unpaired) electrons. The number of nitrogens with one attached hydrogen (secondary N) is 1. The molecule has 1 atom stereocenters. The van der Waals surface area contributed by atoms with E-state index in [1.807, 2.05) is 17.8 Å². The predicted molar refractivity (Wildman–Crippen MR) is 76.3 cm³/mol. The Balaban J connectivity index is 2.52. The minimum atomic E-state index is -0.327.